The van der Waals surface area contributed by atoms with Crippen LogP contribution in [0.5, 0.6) is 0 Å². The third-order valence-electron chi connectivity index (χ3n) is 3.25. The monoisotopic (exact) mass is 228 g/mol. The zero-order valence-electron chi connectivity index (χ0n) is 9.93. The molecule has 2 aromatic rings. The minimum atomic E-state index is 0.505. The van der Waals surface area contributed by atoms with Crippen LogP contribution < -0.4 is 5.32 Å². The number of aryl methyl sites for hydroxylation is 1. The summed E-state index contributed by atoms with van der Waals surface area (Å²) in [5.41, 5.74) is 1.08. The summed E-state index contributed by atoms with van der Waals surface area (Å²) in [7, 11) is 1.98. The van der Waals surface area contributed by atoms with E-state index < -0.39 is 0 Å². The quantitative estimate of drug-likeness (QED) is 0.848. The van der Waals surface area contributed by atoms with Crippen molar-refractivity contribution in [2.24, 2.45) is 7.05 Å². The number of nitrogens with one attached hydrogen (secondary N) is 1. The Balaban J connectivity index is 1.95. The first-order valence-electron chi connectivity index (χ1n) is 6.01. The average molecular weight is 228 g/mol. The molecular formula is C13H16N4. The molecule has 1 atom stereocenters. The van der Waals surface area contributed by atoms with E-state index in [1.807, 2.05) is 42.1 Å². The highest BCUT2D eigenvalue weighted by Gasteiger charge is 2.22. The van der Waals surface area contributed by atoms with E-state index in [4.69, 9.17) is 0 Å². The van der Waals surface area contributed by atoms with Gasteiger partial charge in [-0.2, -0.15) is 5.10 Å². The normalized spacial score (nSPS) is 19.7. The first-order valence-corrected chi connectivity index (χ1v) is 6.01. The molecule has 3 rings (SSSR count). The molecule has 1 fully saturated rings. The molecule has 4 nitrogen and oxygen atoms in total. The molecule has 0 amide bonds. The van der Waals surface area contributed by atoms with Crippen LogP contribution in [-0.4, -0.2) is 27.9 Å². The fourth-order valence-electron chi connectivity index (χ4n) is 2.34. The molecule has 4 heteroatoms. The molecule has 88 valence electrons. The molecule has 1 saturated heterocycles. The third-order valence-corrected chi connectivity index (χ3v) is 3.25. The molecule has 1 aliphatic heterocycles. The SMILES string of the molecule is Cn1nc(-c2ccccc2)nc1C1CCNC1. The maximum absolute atomic E-state index is 4.67. The standard InChI is InChI=1S/C13H16N4/c1-17-13(11-7-8-14-9-11)15-12(16-17)10-5-3-2-4-6-10/h2-6,11,14H,7-9H2,1H3. The third kappa shape index (κ3) is 1.96. The molecule has 17 heavy (non-hydrogen) atoms. The first kappa shape index (κ1) is 10.5. The number of hydrogen-bond acceptors (Lipinski definition) is 3. The van der Waals surface area contributed by atoms with Gasteiger partial charge in [-0.1, -0.05) is 30.3 Å². The van der Waals surface area contributed by atoms with E-state index in [1.54, 1.807) is 0 Å². The van der Waals surface area contributed by atoms with E-state index >= 15 is 0 Å². The van der Waals surface area contributed by atoms with Crippen LogP contribution in [0, 0.1) is 0 Å². The Hall–Kier alpha value is -1.68. The molecule has 1 N–H and O–H groups in total. The Kier molecular flexibility index (Phi) is 2.65. The van der Waals surface area contributed by atoms with Gasteiger partial charge in [0.1, 0.15) is 5.82 Å². The van der Waals surface area contributed by atoms with Crippen molar-refractivity contribution in [3.8, 4) is 11.4 Å². The van der Waals surface area contributed by atoms with Gasteiger partial charge in [-0.15, -0.1) is 0 Å². The van der Waals surface area contributed by atoms with E-state index in [9.17, 15) is 0 Å². The van der Waals surface area contributed by atoms with Crippen LogP contribution in [0.3, 0.4) is 0 Å². The van der Waals surface area contributed by atoms with Crippen molar-refractivity contribution in [3.63, 3.8) is 0 Å². The summed E-state index contributed by atoms with van der Waals surface area (Å²) >= 11 is 0. The van der Waals surface area contributed by atoms with Gasteiger partial charge in [0.25, 0.3) is 0 Å². The predicted octanol–water partition coefficient (Wildman–Crippen LogP) is 1.56. The second-order valence-electron chi connectivity index (χ2n) is 4.47. The van der Waals surface area contributed by atoms with Crippen molar-refractivity contribution < 1.29 is 0 Å². The summed E-state index contributed by atoms with van der Waals surface area (Å²) in [4.78, 5) is 4.67. The van der Waals surface area contributed by atoms with Gasteiger partial charge < -0.3 is 5.32 Å². The Morgan fingerprint density at radius 1 is 1.29 bits per heavy atom. The van der Waals surface area contributed by atoms with E-state index in [-0.39, 0.29) is 0 Å². The topological polar surface area (TPSA) is 42.7 Å². The van der Waals surface area contributed by atoms with Crippen molar-refractivity contribution in [2.75, 3.05) is 13.1 Å². The van der Waals surface area contributed by atoms with Crippen molar-refractivity contribution in [1.29, 1.82) is 0 Å². The van der Waals surface area contributed by atoms with Gasteiger partial charge in [0.05, 0.1) is 0 Å². The first-order chi connectivity index (χ1) is 8.34. The highest BCUT2D eigenvalue weighted by molar-refractivity contribution is 5.54. The summed E-state index contributed by atoms with van der Waals surface area (Å²) in [5.74, 6) is 2.42. The Morgan fingerprint density at radius 2 is 2.12 bits per heavy atom. The molecule has 1 unspecified atom stereocenters. The fraction of sp³-hybridized carbons (Fsp3) is 0.385. The molecule has 0 bridgehead atoms. The van der Waals surface area contributed by atoms with Gasteiger partial charge in [0, 0.05) is 25.1 Å². The van der Waals surface area contributed by atoms with Crippen LogP contribution in [0.1, 0.15) is 18.2 Å². The van der Waals surface area contributed by atoms with Gasteiger partial charge in [-0.05, 0) is 13.0 Å². The van der Waals surface area contributed by atoms with Crippen molar-refractivity contribution in [2.45, 2.75) is 12.3 Å². The van der Waals surface area contributed by atoms with E-state index in [0.29, 0.717) is 5.92 Å². The molecule has 0 radical (unpaired) electrons. The largest absolute Gasteiger partial charge is 0.316 e. The van der Waals surface area contributed by atoms with Crippen LogP contribution in [0.4, 0.5) is 0 Å². The minimum absolute atomic E-state index is 0.505. The number of rotatable bonds is 2. The van der Waals surface area contributed by atoms with Crippen molar-refractivity contribution >= 4 is 0 Å². The molecule has 0 spiro atoms. The maximum Gasteiger partial charge on any atom is 0.181 e. The highest BCUT2D eigenvalue weighted by Crippen LogP contribution is 2.23. The van der Waals surface area contributed by atoms with Crippen LogP contribution in [-0.2, 0) is 7.05 Å². The van der Waals surface area contributed by atoms with Crippen molar-refractivity contribution in [3.05, 3.63) is 36.2 Å². The lowest BCUT2D eigenvalue weighted by atomic mass is 10.1. The van der Waals surface area contributed by atoms with Crippen LogP contribution in [0.25, 0.3) is 11.4 Å². The number of benzene rings is 1. The second-order valence-corrected chi connectivity index (χ2v) is 4.47. The number of aromatic nitrogens is 3. The average Bonchev–Trinajstić information content (AvgIpc) is 2.99. The molecular weight excluding hydrogens is 212 g/mol. The summed E-state index contributed by atoms with van der Waals surface area (Å²) in [6, 6.07) is 10.1. The summed E-state index contributed by atoms with van der Waals surface area (Å²) in [6.45, 7) is 2.10. The van der Waals surface area contributed by atoms with E-state index in [0.717, 1.165) is 36.7 Å². The van der Waals surface area contributed by atoms with E-state index in [1.165, 1.54) is 0 Å². The second kappa shape index (κ2) is 4.30. The molecule has 1 aromatic heterocycles. The van der Waals surface area contributed by atoms with Crippen molar-refractivity contribution in [1.82, 2.24) is 20.1 Å². The van der Waals surface area contributed by atoms with Gasteiger partial charge in [0.15, 0.2) is 5.82 Å². The molecule has 1 aromatic carbocycles. The predicted molar refractivity (Wildman–Crippen MR) is 66.7 cm³/mol. The van der Waals surface area contributed by atoms with Gasteiger partial charge in [-0.25, -0.2) is 4.98 Å². The smallest absolute Gasteiger partial charge is 0.181 e. The minimum Gasteiger partial charge on any atom is -0.316 e. The van der Waals surface area contributed by atoms with Crippen LogP contribution in [0.15, 0.2) is 30.3 Å². The summed E-state index contributed by atoms with van der Waals surface area (Å²) < 4.78 is 1.92. The lowest BCUT2D eigenvalue weighted by molar-refractivity contribution is 0.622. The van der Waals surface area contributed by atoms with Gasteiger partial charge in [0.2, 0.25) is 0 Å². The lowest BCUT2D eigenvalue weighted by Crippen LogP contribution is -2.11. The molecule has 1 aliphatic rings. The highest BCUT2D eigenvalue weighted by atomic mass is 15.3. The van der Waals surface area contributed by atoms with Gasteiger partial charge >= 0.3 is 0 Å². The lowest BCUT2D eigenvalue weighted by Gasteiger charge is -2.05. The molecule has 2 heterocycles. The molecule has 0 aliphatic carbocycles. The summed E-state index contributed by atoms with van der Waals surface area (Å²) in [6.07, 6.45) is 1.15. The van der Waals surface area contributed by atoms with Crippen LogP contribution >= 0.6 is 0 Å². The Morgan fingerprint density at radius 3 is 2.82 bits per heavy atom. The summed E-state index contributed by atoms with van der Waals surface area (Å²) in [5, 5.41) is 7.87. The van der Waals surface area contributed by atoms with Crippen LogP contribution in [0.2, 0.25) is 0 Å². The Bertz CT molecular complexity index is 497. The zero-order valence-corrected chi connectivity index (χ0v) is 9.93. The Labute approximate surface area is 101 Å². The maximum atomic E-state index is 4.67. The zero-order chi connectivity index (χ0) is 11.7. The number of nitrogens with zero attached hydrogens (tertiary/aromatic N) is 3. The fourth-order valence-corrected chi connectivity index (χ4v) is 2.34. The van der Waals surface area contributed by atoms with Gasteiger partial charge in [-0.3, -0.25) is 4.68 Å². The number of hydrogen-bond donors (Lipinski definition) is 1. The van der Waals surface area contributed by atoms with E-state index in [2.05, 4.69) is 15.4 Å². The molecule has 0 saturated carbocycles.